The molecule has 0 aromatic heterocycles. The fourth-order valence-corrected chi connectivity index (χ4v) is 0.940. The highest BCUT2D eigenvalue weighted by molar-refractivity contribution is 5.67. The molecule has 0 bridgehead atoms. The number of hydrogen-bond acceptors (Lipinski definition) is 4. The van der Waals surface area contributed by atoms with E-state index in [1.807, 2.05) is 0 Å². The first-order valence-electron chi connectivity index (χ1n) is 4.68. The van der Waals surface area contributed by atoms with E-state index in [9.17, 15) is 4.79 Å². The summed E-state index contributed by atoms with van der Waals surface area (Å²) in [5, 5.41) is 0. The standard InChI is InChI=1S/C11H14NO3/c1-3-8-14-11-6-4-10(5-7-11)12-15-9(2)13/h4-7,12H,1,3,8H2,2H3. The van der Waals surface area contributed by atoms with Crippen LogP contribution in [0.5, 0.6) is 5.75 Å². The van der Waals surface area contributed by atoms with Gasteiger partial charge in [-0.1, -0.05) is 0 Å². The first-order chi connectivity index (χ1) is 7.22. The van der Waals surface area contributed by atoms with Crippen LogP contribution in [0.3, 0.4) is 0 Å². The summed E-state index contributed by atoms with van der Waals surface area (Å²) in [7, 11) is 0. The highest BCUT2D eigenvalue weighted by Crippen LogP contribution is 2.15. The molecule has 81 valence electrons. The van der Waals surface area contributed by atoms with Crippen LogP contribution in [-0.2, 0) is 9.63 Å². The van der Waals surface area contributed by atoms with Crippen LogP contribution in [0.15, 0.2) is 24.3 Å². The van der Waals surface area contributed by atoms with Gasteiger partial charge >= 0.3 is 5.97 Å². The molecule has 1 N–H and O–H groups in total. The van der Waals surface area contributed by atoms with Gasteiger partial charge in [0, 0.05) is 6.92 Å². The summed E-state index contributed by atoms with van der Waals surface area (Å²) in [6, 6.07) is 7.12. The predicted molar refractivity (Wildman–Crippen MR) is 57.3 cm³/mol. The molecule has 0 heterocycles. The van der Waals surface area contributed by atoms with Gasteiger partial charge in [-0.2, -0.15) is 0 Å². The fraction of sp³-hybridized carbons (Fsp3) is 0.273. The van der Waals surface area contributed by atoms with Crippen LogP contribution in [0.1, 0.15) is 13.3 Å². The Hall–Kier alpha value is -1.71. The molecule has 1 rings (SSSR count). The Kier molecular flexibility index (Phi) is 4.47. The van der Waals surface area contributed by atoms with Gasteiger partial charge in [-0.05, 0) is 37.6 Å². The average Bonchev–Trinajstić information content (AvgIpc) is 2.25. The number of ether oxygens (including phenoxy) is 1. The van der Waals surface area contributed by atoms with E-state index in [1.165, 1.54) is 6.92 Å². The Balaban J connectivity index is 2.45. The second-order valence-corrected chi connectivity index (χ2v) is 2.92. The van der Waals surface area contributed by atoms with Crippen molar-refractivity contribution in [3.63, 3.8) is 0 Å². The number of rotatable bonds is 5. The van der Waals surface area contributed by atoms with Crippen LogP contribution in [0.4, 0.5) is 5.69 Å². The quantitative estimate of drug-likeness (QED) is 0.753. The largest absolute Gasteiger partial charge is 0.494 e. The molecule has 4 heteroatoms. The van der Waals surface area contributed by atoms with Crippen molar-refractivity contribution in [2.24, 2.45) is 0 Å². The SMILES string of the molecule is [CH2]CCOc1ccc(NOC(C)=O)cc1. The lowest BCUT2D eigenvalue weighted by atomic mass is 10.3. The lowest BCUT2D eigenvalue weighted by Crippen LogP contribution is -2.05. The Morgan fingerprint density at radius 2 is 2.07 bits per heavy atom. The van der Waals surface area contributed by atoms with Crippen LogP contribution in [0.2, 0.25) is 0 Å². The topological polar surface area (TPSA) is 47.6 Å². The zero-order valence-electron chi connectivity index (χ0n) is 8.66. The maximum atomic E-state index is 10.5. The normalized spacial score (nSPS) is 9.47. The monoisotopic (exact) mass is 208 g/mol. The van der Waals surface area contributed by atoms with Crippen molar-refractivity contribution in [1.82, 2.24) is 0 Å². The van der Waals surface area contributed by atoms with Crippen LogP contribution in [-0.4, -0.2) is 12.6 Å². The minimum Gasteiger partial charge on any atom is -0.494 e. The van der Waals surface area contributed by atoms with E-state index in [4.69, 9.17) is 4.74 Å². The van der Waals surface area contributed by atoms with Crippen LogP contribution in [0, 0.1) is 6.92 Å². The van der Waals surface area contributed by atoms with Gasteiger partial charge in [-0.15, -0.1) is 0 Å². The second-order valence-electron chi connectivity index (χ2n) is 2.92. The maximum Gasteiger partial charge on any atom is 0.329 e. The molecule has 1 aromatic carbocycles. The molecular weight excluding hydrogens is 194 g/mol. The zero-order chi connectivity index (χ0) is 11.1. The molecule has 0 aliphatic carbocycles. The van der Waals surface area contributed by atoms with Crippen molar-refractivity contribution >= 4 is 11.7 Å². The van der Waals surface area contributed by atoms with E-state index < -0.39 is 0 Å². The Bertz CT molecular complexity index is 308. The van der Waals surface area contributed by atoms with Gasteiger partial charge < -0.3 is 9.57 Å². The van der Waals surface area contributed by atoms with E-state index in [1.54, 1.807) is 24.3 Å². The number of anilines is 1. The predicted octanol–water partition coefficient (Wildman–Crippen LogP) is 2.18. The highest BCUT2D eigenvalue weighted by Gasteiger charge is 1.96. The van der Waals surface area contributed by atoms with Gasteiger partial charge in [0.15, 0.2) is 0 Å². The van der Waals surface area contributed by atoms with Gasteiger partial charge in [-0.3, -0.25) is 4.79 Å². The lowest BCUT2D eigenvalue weighted by molar-refractivity contribution is -0.138. The summed E-state index contributed by atoms with van der Waals surface area (Å²) in [4.78, 5) is 15.1. The summed E-state index contributed by atoms with van der Waals surface area (Å²) < 4.78 is 5.34. The van der Waals surface area contributed by atoms with Crippen molar-refractivity contribution in [2.75, 3.05) is 12.1 Å². The van der Waals surface area contributed by atoms with E-state index in [0.29, 0.717) is 12.3 Å². The molecular formula is C11H14NO3. The zero-order valence-corrected chi connectivity index (χ0v) is 8.66. The van der Waals surface area contributed by atoms with Crippen LogP contribution in [0.25, 0.3) is 0 Å². The third-order valence-corrected chi connectivity index (χ3v) is 1.58. The molecule has 0 unspecified atom stereocenters. The van der Waals surface area contributed by atoms with Gasteiger partial charge in [0.1, 0.15) is 5.75 Å². The fourth-order valence-electron chi connectivity index (χ4n) is 0.940. The number of carbonyl (C=O) groups excluding carboxylic acids is 1. The van der Waals surface area contributed by atoms with Crippen molar-refractivity contribution < 1.29 is 14.4 Å². The third-order valence-electron chi connectivity index (χ3n) is 1.58. The molecule has 0 saturated carbocycles. The van der Waals surface area contributed by atoms with E-state index in [0.717, 1.165) is 12.2 Å². The molecule has 1 aromatic rings. The average molecular weight is 208 g/mol. The van der Waals surface area contributed by atoms with Crippen molar-refractivity contribution in [3.05, 3.63) is 31.2 Å². The lowest BCUT2D eigenvalue weighted by Gasteiger charge is -2.07. The molecule has 4 nitrogen and oxygen atoms in total. The van der Waals surface area contributed by atoms with E-state index in [2.05, 4.69) is 17.2 Å². The third kappa shape index (κ3) is 4.35. The number of carbonyl (C=O) groups is 1. The van der Waals surface area contributed by atoms with Crippen molar-refractivity contribution in [3.8, 4) is 5.75 Å². The van der Waals surface area contributed by atoms with E-state index in [-0.39, 0.29) is 5.97 Å². The summed E-state index contributed by atoms with van der Waals surface area (Å²) >= 11 is 0. The minimum atomic E-state index is -0.382. The van der Waals surface area contributed by atoms with Gasteiger partial charge in [-0.25, -0.2) is 5.48 Å². The minimum absolute atomic E-state index is 0.382. The smallest absolute Gasteiger partial charge is 0.329 e. The first-order valence-corrected chi connectivity index (χ1v) is 4.68. The molecule has 0 amide bonds. The summed E-state index contributed by atoms with van der Waals surface area (Å²) in [6.45, 7) is 5.60. The molecule has 0 saturated heterocycles. The van der Waals surface area contributed by atoms with Gasteiger partial charge in [0.25, 0.3) is 0 Å². The van der Waals surface area contributed by atoms with Gasteiger partial charge in [0.2, 0.25) is 0 Å². The Labute approximate surface area is 89.1 Å². The van der Waals surface area contributed by atoms with E-state index >= 15 is 0 Å². The number of hydrogen-bond donors (Lipinski definition) is 1. The van der Waals surface area contributed by atoms with Gasteiger partial charge in [0.05, 0.1) is 12.3 Å². The molecule has 0 atom stereocenters. The summed E-state index contributed by atoms with van der Waals surface area (Å²) in [5.41, 5.74) is 3.21. The summed E-state index contributed by atoms with van der Waals surface area (Å²) in [6.07, 6.45) is 0.730. The molecule has 0 fully saturated rings. The maximum absolute atomic E-state index is 10.5. The second kappa shape index (κ2) is 5.90. The highest BCUT2D eigenvalue weighted by atomic mass is 16.7. The molecule has 1 radical (unpaired) electrons. The molecule has 0 aliphatic rings. The molecule has 0 aliphatic heterocycles. The first kappa shape index (κ1) is 11.4. The van der Waals surface area contributed by atoms with Crippen molar-refractivity contribution in [1.29, 1.82) is 0 Å². The van der Waals surface area contributed by atoms with Crippen LogP contribution >= 0.6 is 0 Å². The van der Waals surface area contributed by atoms with Crippen molar-refractivity contribution in [2.45, 2.75) is 13.3 Å². The number of nitrogens with one attached hydrogen (secondary N) is 1. The Morgan fingerprint density at radius 3 is 2.60 bits per heavy atom. The van der Waals surface area contributed by atoms with Crippen LogP contribution < -0.4 is 10.2 Å². The molecule has 0 spiro atoms. The Morgan fingerprint density at radius 1 is 1.40 bits per heavy atom. The summed E-state index contributed by atoms with van der Waals surface area (Å²) in [5.74, 6) is 0.388. The molecule has 15 heavy (non-hydrogen) atoms. The number of benzene rings is 1.